The number of hydrogen-bond donors (Lipinski definition) is 2. The Bertz CT molecular complexity index is 360. The minimum absolute atomic E-state index is 0.208. The molecule has 1 heterocycles. The number of aromatic amines is 1. The van der Waals surface area contributed by atoms with Crippen molar-refractivity contribution in [1.82, 2.24) is 25.4 Å². The second kappa shape index (κ2) is 6.34. The molecule has 0 fully saturated rings. The molecule has 0 bridgehead atoms. The zero-order chi connectivity index (χ0) is 12.8. The lowest BCUT2D eigenvalue weighted by atomic mass is 10.3. The molecule has 17 heavy (non-hydrogen) atoms. The normalized spacial score (nSPS) is 11.2. The topological polar surface area (TPSA) is 73.9 Å². The van der Waals surface area contributed by atoms with Crippen LogP contribution < -0.4 is 5.32 Å². The number of aryl methyl sites for hydroxylation is 1. The minimum Gasteiger partial charge on any atom is -0.349 e. The summed E-state index contributed by atoms with van der Waals surface area (Å²) in [6.07, 6.45) is 0.920. The molecule has 0 unspecified atom stereocenters. The van der Waals surface area contributed by atoms with Gasteiger partial charge in [0, 0.05) is 12.6 Å². The van der Waals surface area contributed by atoms with E-state index in [0.29, 0.717) is 18.4 Å². The molecular formula is C11H21N5O. The molecule has 1 aromatic heterocycles. The van der Waals surface area contributed by atoms with Crippen molar-refractivity contribution < 1.29 is 4.79 Å². The van der Waals surface area contributed by atoms with Gasteiger partial charge in [-0.25, -0.2) is 4.98 Å². The third kappa shape index (κ3) is 4.52. The standard InChI is InChI=1S/C11H21N5O/c1-8(2)16(4)7-5-6-12-11(17)10-13-9(3)14-15-10/h8H,5-7H2,1-4H3,(H,12,17)(H,13,14,15). The van der Waals surface area contributed by atoms with Gasteiger partial charge in [0.15, 0.2) is 0 Å². The molecule has 0 aliphatic carbocycles. The Labute approximate surface area is 102 Å². The van der Waals surface area contributed by atoms with Gasteiger partial charge in [-0.15, -0.1) is 5.10 Å². The van der Waals surface area contributed by atoms with E-state index in [9.17, 15) is 4.79 Å². The summed E-state index contributed by atoms with van der Waals surface area (Å²) in [7, 11) is 2.07. The number of amides is 1. The number of carbonyl (C=O) groups excluding carboxylic acids is 1. The average Bonchev–Trinajstić information content (AvgIpc) is 2.70. The van der Waals surface area contributed by atoms with Gasteiger partial charge < -0.3 is 10.2 Å². The van der Waals surface area contributed by atoms with Gasteiger partial charge in [0.2, 0.25) is 5.82 Å². The maximum atomic E-state index is 11.6. The molecule has 0 radical (unpaired) electrons. The predicted molar refractivity (Wildman–Crippen MR) is 65.8 cm³/mol. The molecule has 0 saturated carbocycles. The van der Waals surface area contributed by atoms with Crippen LogP contribution in [-0.2, 0) is 0 Å². The van der Waals surface area contributed by atoms with Crippen LogP contribution in [-0.4, -0.2) is 52.2 Å². The third-order valence-electron chi connectivity index (χ3n) is 2.66. The molecule has 0 aromatic carbocycles. The lowest BCUT2D eigenvalue weighted by Gasteiger charge is -2.20. The number of nitrogens with one attached hydrogen (secondary N) is 2. The van der Waals surface area contributed by atoms with Gasteiger partial charge in [-0.05, 0) is 40.8 Å². The van der Waals surface area contributed by atoms with Crippen molar-refractivity contribution in [2.24, 2.45) is 0 Å². The molecule has 0 atom stereocenters. The van der Waals surface area contributed by atoms with Gasteiger partial charge in [0.1, 0.15) is 5.82 Å². The van der Waals surface area contributed by atoms with E-state index in [0.717, 1.165) is 13.0 Å². The highest BCUT2D eigenvalue weighted by molar-refractivity contribution is 5.90. The lowest BCUT2D eigenvalue weighted by molar-refractivity contribution is 0.0941. The van der Waals surface area contributed by atoms with Crippen molar-refractivity contribution in [3.63, 3.8) is 0 Å². The van der Waals surface area contributed by atoms with E-state index in [1.165, 1.54) is 0 Å². The van der Waals surface area contributed by atoms with Gasteiger partial charge in [0.05, 0.1) is 0 Å². The molecule has 1 amide bonds. The van der Waals surface area contributed by atoms with E-state index in [1.807, 2.05) is 0 Å². The number of aromatic nitrogens is 3. The van der Waals surface area contributed by atoms with Crippen molar-refractivity contribution >= 4 is 5.91 Å². The summed E-state index contributed by atoms with van der Waals surface area (Å²) in [6, 6.07) is 0.529. The molecule has 96 valence electrons. The number of nitrogens with zero attached hydrogens (tertiary/aromatic N) is 3. The molecule has 2 N–H and O–H groups in total. The minimum atomic E-state index is -0.221. The van der Waals surface area contributed by atoms with Crippen LogP contribution in [0.25, 0.3) is 0 Å². The number of hydrogen-bond acceptors (Lipinski definition) is 4. The zero-order valence-electron chi connectivity index (χ0n) is 10.9. The molecule has 0 aliphatic rings. The second-order valence-electron chi connectivity index (χ2n) is 4.43. The van der Waals surface area contributed by atoms with E-state index in [2.05, 4.69) is 46.3 Å². The first-order chi connectivity index (χ1) is 8.00. The van der Waals surface area contributed by atoms with Gasteiger partial charge in [-0.1, -0.05) is 0 Å². The second-order valence-corrected chi connectivity index (χ2v) is 4.43. The smallest absolute Gasteiger partial charge is 0.290 e. The first-order valence-corrected chi connectivity index (χ1v) is 5.88. The van der Waals surface area contributed by atoms with Gasteiger partial charge >= 0.3 is 0 Å². The van der Waals surface area contributed by atoms with E-state index in [-0.39, 0.29) is 11.7 Å². The fraction of sp³-hybridized carbons (Fsp3) is 0.727. The molecule has 6 heteroatoms. The van der Waals surface area contributed by atoms with Crippen molar-refractivity contribution in [2.75, 3.05) is 20.1 Å². The summed E-state index contributed by atoms with van der Waals surface area (Å²) in [5.41, 5.74) is 0. The van der Waals surface area contributed by atoms with E-state index < -0.39 is 0 Å². The first kappa shape index (κ1) is 13.6. The molecule has 1 aromatic rings. The Morgan fingerprint density at radius 2 is 2.24 bits per heavy atom. The molecular weight excluding hydrogens is 218 g/mol. The number of rotatable bonds is 6. The Hall–Kier alpha value is -1.43. The van der Waals surface area contributed by atoms with Gasteiger partial charge in [-0.3, -0.25) is 9.89 Å². The fourth-order valence-corrected chi connectivity index (χ4v) is 1.31. The van der Waals surface area contributed by atoms with Crippen LogP contribution in [0.3, 0.4) is 0 Å². The Morgan fingerprint density at radius 1 is 1.53 bits per heavy atom. The van der Waals surface area contributed by atoms with E-state index in [1.54, 1.807) is 6.92 Å². The monoisotopic (exact) mass is 239 g/mol. The predicted octanol–water partition coefficient (Wildman–Crippen LogP) is 0.573. The average molecular weight is 239 g/mol. The molecule has 0 spiro atoms. The summed E-state index contributed by atoms with van der Waals surface area (Å²) in [5.74, 6) is 0.635. The maximum Gasteiger partial charge on any atom is 0.290 e. The van der Waals surface area contributed by atoms with Crippen LogP contribution in [0.5, 0.6) is 0 Å². The summed E-state index contributed by atoms with van der Waals surface area (Å²) in [6.45, 7) is 7.67. The van der Waals surface area contributed by atoms with Crippen molar-refractivity contribution in [1.29, 1.82) is 0 Å². The number of H-pyrrole nitrogens is 1. The first-order valence-electron chi connectivity index (χ1n) is 5.88. The Morgan fingerprint density at radius 3 is 2.76 bits per heavy atom. The molecule has 0 aliphatic heterocycles. The van der Waals surface area contributed by atoms with Gasteiger partial charge in [0.25, 0.3) is 5.91 Å². The molecule has 6 nitrogen and oxygen atoms in total. The maximum absolute atomic E-state index is 11.6. The van der Waals surface area contributed by atoms with Crippen LogP contribution in [0.2, 0.25) is 0 Å². The highest BCUT2D eigenvalue weighted by Crippen LogP contribution is 1.95. The van der Waals surface area contributed by atoms with Crippen molar-refractivity contribution in [2.45, 2.75) is 33.2 Å². The van der Waals surface area contributed by atoms with Crippen LogP contribution in [0.1, 0.15) is 36.7 Å². The SMILES string of the molecule is Cc1nc(C(=O)NCCCN(C)C(C)C)n[nH]1. The van der Waals surface area contributed by atoms with Crippen LogP contribution in [0, 0.1) is 6.92 Å². The number of carbonyl (C=O) groups is 1. The Kier molecular flexibility index (Phi) is 5.09. The third-order valence-corrected chi connectivity index (χ3v) is 2.66. The zero-order valence-corrected chi connectivity index (χ0v) is 10.9. The van der Waals surface area contributed by atoms with Gasteiger partial charge in [-0.2, -0.15) is 0 Å². The summed E-state index contributed by atoms with van der Waals surface area (Å²) >= 11 is 0. The summed E-state index contributed by atoms with van der Waals surface area (Å²) < 4.78 is 0. The largest absolute Gasteiger partial charge is 0.349 e. The van der Waals surface area contributed by atoms with E-state index >= 15 is 0 Å². The lowest BCUT2D eigenvalue weighted by Crippen LogP contribution is -2.31. The highest BCUT2D eigenvalue weighted by atomic mass is 16.2. The fourth-order valence-electron chi connectivity index (χ4n) is 1.31. The van der Waals surface area contributed by atoms with Crippen LogP contribution in [0.4, 0.5) is 0 Å². The highest BCUT2D eigenvalue weighted by Gasteiger charge is 2.10. The summed E-state index contributed by atoms with van der Waals surface area (Å²) in [5, 5.41) is 9.24. The Balaban J connectivity index is 2.21. The molecule has 1 rings (SSSR count). The quantitative estimate of drug-likeness (QED) is 0.712. The van der Waals surface area contributed by atoms with Crippen LogP contribution in [0.15, 0.2) is 0 Å². The summed E-state index contributed by atoms with van der Waals surface area (Å²) in [4.78, 5) is 17.8. The van der Waals surface area contributed by atoms with E-state index in [4.69, 9.17) is 0 Å². The van der Waals surface area contributed by atoms with Crippen LogP contribution >= 0.6 is 0 Å². The van der Waals surface area contributed by atoms with Crippen molar-refractivity contribution in [3.8, 4) is 0 Å². The molecule has 0 saturated heterocycles. The van der Waals surface area contributed by atoms with Crippen molar-refractivity contribution in [3.05, 3.63) is 11.6 Å².